The number of thiophene rings is 1. The number of benzene rings is 2. The monoisotopic (exact) mass is 392 g/mol. The van der Waals surface area contributed by atoms with Gasteiger partial charge >= 0.3 is 0 Å². The zero-order valence-electron chi connectivity index (χ0n) is 16.3. The first-order chi connectivity index (χ1) is 13.6. The third-order valence-corrected chi connectivity index (χ3v) is 6.80. The molecule has 0 saturated carbocycles. The highest BCUT2D eigenvalue weighted by atomic mass is 32.1. The van der Waals surface area contributed by atoms with Crippen LogP contribution in [-0.2, 0) is 6.42 Å². The van der Waals surface area contributed by atoms with Crippen molar-refractivity contribution in [3.63, 3.8) is 0 Å². The van der Waals surface area contributed by atoms with Crippen LogP contribution in [0.25, 0.3) is 10.8 Å². The minimum Gasteiger partial charge on any atom is -0.335 e. The van der Waals surface area contributed by atoms with Gasteiger partial charge in [-0.05, 0) is 41.8 Å². The van der Waals surface area contributed by atoms with Gasteiger partial charge in [-0.15, -0.1) is 11.3 Å². The predicted molar refractivity (Wildman–Crippen MR) is 114 cm³/mol. The standard InChI is InChI=1S/C23H24N2O2S/c1-3-20-16(2)15-21(28-20)23(27)25-13-11-24(12-14-25)22(26)19-10-6-8-17-7-4-5-9-18(17)19/h4-10,15H,3,11-14H2,1-2H3. The van der Waals surface area contributed by atoms with E-state index in [0.717, 1.165) is 27.6 Å². The number of amides is 2. The Labute approximate surface area is 169 Å². The van der Waals surface area contributed by atoms with Gasteiger partial charge < -0.3 is 9.80 Å². The highest BCUT2D eigenvalue weighted by Crippen LogP contribution is 2.25. The van der Waals surface area contributed by atoms with Crippen LogP contribution in [0.1, 0.15) is 37.4 Å². The summed E-state index contributed by atoms with van der Waals surface area (Å²) in [6.07, 6.45) is 0.955. The summed E-state index contributed by atoms with van der Waals surface area (Å²) in [6.45, 7) is 6.47. The molecule has 0 atom stereocenters. The van der Waals surface area contributed by atoms with Crippen molar-refractivity contribution in [2.24, 2.45) is 0 Å². The molecule has 1 saturated heterocycles. The summed E-state index contributed by atoms with van der Waals surface area (Å²) in [6, 6.07) is 15.8. The molecule has 1 aliphatic rings. The van der Waals surface area contributed by atoms with Gasteiger partial charge in [0.1, 0.15) is 0 Å². The molecular formula is C23H24N2O2S. The molecule has 1 aliphatic heterocycles. The van der Waals surface area contributed by atoms with Gasteiger partial charge in [-0.2, -0.15) is 0 Å². The van der Waals surface area contributed by atoms with E-state index in [9.17, 15) is 9.59 Å². The molecule has 2 amide bonds. The fourth-order valence-corrected chi connectivity index (χ4v) is 4.91. The molecule has 2 heterocycles. The first-order valence-electron chi connectivity index (χ1n) is 9.74. The van der Waals surface area contributed by atoms with Crippen LogP contribution in [-0.4, -0.2) is 47.8 Å². The maximum absolute atomic E-state index is 13.1. The van der Waals surface area contributed by atoms with Crippen molar-refractivity contribution >= 4 is 33.9 Å². The van der Waals surface area contributed by atoms with E-state index in [0.29, 0.717) is 26.2 Å². The molecular weight excluding hydrogens is 368 g/mol. The van der Waals surface area contributed by atoms with E-state index < -0.39 is 0 Å². The lowest BCUT2D eigenvalue weighted by Crippen LogP contribution is -2.50. The average Bonchev–Trinajstić information content (AvgIpc) is 3.13. The number of aryl methyl sites for hydroxylation is 2. The molecule has 4 nitrogen and oxygen atoms in total. The van der Waals surface area contributed by atoms with Crippen molar-refractivity contribution in [2.45, 2.75) is 20.3 Å². The minimum atomic E-state index is 0.0455. The fraction of sp³-hybridized carbons (Fsp3) is 0.304. The zero-order valence-corrected chi connectivity index (χ0v) is 17.1. The van der Waals surface area contributed by atoms with E-state index in [1.807, 2.05) is 58.3 Å². The second-order valence-corrected chi connectivity index (χ2v) is 8.32. The van der Waals surface area contributed by atoms with E-state index in [4.69, 9.17) is 0 Å². The fourth-order valence-electron chi connectivity index (χ4n) is 3.83. The molecule has 1 fully saturated rings. The van der Waals surface area contributed by atoms with Gasteiger partial charge in [0, 0.05) is 36.6 Å². The third kappa shape index (κ3) is 3.42. The Morgan fingerprint density at radius 2 is 1.57 bits per heavy atom. The number of hydrogen-bond donors (Lipinski definition) is 0. The lowest BCUT2D eigenvalue weighted by molar-refractivity contribution is 0.0539. The van der Waals surface area contributed by atoms with E-state index in [-0.39, 0.29) is 11.8 Å². The molecule has 0 unspecified atom stereocenters. The molecule has 144 valence electrons. The molecule has 2 aromatic carbocycles. The van der Waals surface area contributed by atoms with E-state index >= 15 is 0 Å². The largest absolute Gasteiger partial charge is 0.335 e. The second kappa shape index (κ2) is 7.76. The molecule has 0 bridgehead atoms. The number of nitrogens with zero attached hydrogens (tertiary/aromatic N) is 2. The van der Waals surface area contributed by atoms with Gasteiger partial charge in [-0.1, -0.05) is 43.3 Å². The van der Waals surface area contributed by atoms with Crippen LogP contribution in [0.2, 0.25) is 0 Å². The normalized spacial score (nSPS) is 14.5. The van der Waals surface area contributed by atoms with Gasteiger partial charge in [0.25, 0.3) is 11.8 Å². The summed E-state index contributed by atoms with van der Waals surface area (Å²) in [5.74, 6) is 0.134. The van der Waals surface area contributed by atoms with Crippen molar-refractivity contribution in [1.82, 2.24) is 9.80 Å². The molecule has 1 aromatic heterocycles. The summed E-state index contributed by atoms with van der Waals surface area (Å²) in [4.78, 5) is 31.7. The Kier molecular flexibility index (Phi) is 5.18. The number of hydrogen-bond acceptors (Lipinski definition) is 3. The van der Waals surface area contributed by atoms with Crippen LogP contribution < -0.4 is 0 Å². The summed E-state index contributed by atoms with van der Waals surface area (Å²) < 4.78 is 0. The smallest absolute Gasteiger partial charge is 0.264 e. The maximum atomic E-state index is 13.1. The number of carbonyl (C=O) groups is 2. The van der Waals surface area contributed by atoms with Crippen LogP contribution in [0.5, 0.6) is 0 Å². The highest BCUT2D eigenvalue weighted by Gasteiger charge is 2.27. The van der Waals surface area contributed by atoms with Gasteiger partial charge in [0.2, 0.25) is 0 Å². The predicted octanol–water partition coefficient (Wildman–Crippen LogP) is 4.37. The lowest BCUT2D eigenvalue weighted by atomic mass is 10.0. The van der Waals surface area contributed by atoms with Crippen LogP contribution >= 0.6 is 11.3 Å². The van der Waals surface area contributed by atoms with Crippen LogP contribution in [0.4, 0.5) is 0 Å². The first kappa shape index (κ1) is 18.7. The van der Waals surface area contributed by atoms with Gasteiger partial charge in [0.05, 0.1) is 4.88 Å². The molecule has 5 heteroatoms. The van der Waals surface area contributed by atoms with Crippen LogP contribution in [0.3, 0.4) is 0 Å². The number of rotatable bonds is 3. The zero-order chi connectivity index (χ0) is 19.7. The van der Waals surface area contributed by atoms with Crippen molar-refractivity contribution in [3.8, 4) is 0 Å². The van der Waals surface area contributed by atoms with Crippen molar-refractivity contribution in [3.05, 3.63) is 69.4 Å². The summed E-state index contributed by atoms with van der Waals surface area (Å²) in [5, 5.41) is 2.05. The summed E-state index contributed by atoms with van der Waals surface area (Å²) in [5.41, 5.74) is 1.93. The molecule has 0 aliphatic carbocycles. The summed E-state index contributed by atoms with van der Waals surface area (Å²) in [7, 11) is 0. The molecule has 28 heavy (non-hydrogen) atoms. The van der Waals surface area contributed by atoms with E-state index in [1.54, 1.807) is 11.3 Å². The van der Waals surface area contributed by atoms with Gasteiger partial charge in [0.15, 0.2) is 0 Å². The molecule has 3 aromatic rings. The Morgan fingerprint density at radius 1 is 0.929 bits per heavy atom. The Bertz CT molecular complexity index is 1030. The maximum Gasteiger partial charge on any atom is 0.264 e. The van der Waals surface area contributed by atoms with Crippen molar-refractivity contribution < 1.29 is 9.59 Å². The Morgan fingerprint density at radius 3 is 2.25 bits per heavy atom. The number of carbonyl (C=O) groups excluding carboxylic acids is 2. The van der Waals surface area contributed by atoms with Crippen molar-refractivity contribution in [2.75, 3.05) is 26.2 Å². The molecule has 4 rings (SSSR count). The quantitative estimate of drug-likeness (QED) is 0.664. The van der Waals surface area contributed by atoms with E-state index in [1.165, 1.54) is 10.4 Å². The Balaban J connectivity index is 1.46. The number of piperazine rings is 1. The Hall–Kier alpha value is -2.66. The van der Waals surface area contributed by atoms with Gasteiger partial charge in [-0.3, -0.25) is 9.59 Å². The first-order valence-corrected chi connectivity index (χ1v) is 10.6. The van der Waals surface area contributed by atoms with Gasteiger partial charge in [-0.25, -0.2) is 0 Å². The lowest BCUT2D eigenvalue weighted by Gasteiger charge is -2.34. The second-order valence-electron chi connectivity index (χ2n) is 7.18. The third-order valence-electron chi connectivity index (χ3n) is 5.43. The SMILES string of the molecule is CCc1sc(C(=O)N2CCN(C(=O)c3cccc4ccccc34)CC2)cc1C. The number of fused-ring (bicyclic) bond motifs is 1. The highest BCUT2D eigenvalue weighted by molar-refractivity contribution is 7.14. The van der Waals surface area contributed by atoms with E-state index in [2.05, 4.69) is 13.8 Å². The van der Waals surface area contributed by atoms with Crippen LogP contribution in [0, 0.1) is 6.92 Å². The molecule has 0 radical (unpaired) electrons. The topological polar surface area (TPSA) is 40.6 Å². The molecule has 0 spiro atoms. The minimum absolute atomic E-state index is 0.0455. The van der Waals surface area contributed by atoms with Crippen LogP contribution in [0.15, 0.2) is 48.5 Å². The summed E-state index contributed by atoms with van der Waals surface area (Å²) >= 11 is 1.59. The van der Waals surface area contributed by atoms with Crippen molar-refractivity contribution in [1.29, 1.82) is 0 Å². The molecule has 0 N–H and O–H groups in total. The average molecular weight is 393 g/mol.